The number of hydrogen-bond acceptors (Lipinski definition) is 5. The quantitative estimate of drug-likeness (QED) is 0.301. The van der Waals surface area contributed by atoms with Crippen LogP contribution < -0.4 is 0 Å². The summed E-state index contributed by atoms with van der Waals surface area (Å²) in [5.41, 5.74) is 1.80. The van der Waals surface area contributed by atoms with Crippen molar-refractivity contribution in [3.05, 3.63) is 93.2 Å². The maximum atomic E-state index is 12.3. The molecule has 6 nitrogen and oxygen atoms in total. The first-order valence-corrected chi connectivity index (χ1v) is 8.29. The van der Waals surface area contributed by atoms with Gasteiger partial charge in [-0.15, -0.1) is 0 Å². The zero-order chi connectivity index (χ0) is 19.0. The fraction of sp³-hybridized carbons (Fsp3) is 0.0476. The van der Waals surface area contributed by atoms with E-state index in [-0.39, 0.29) is 17.3 Å². The largest absolute Gasteiger partial charge is 0.402 e. The number of fused-ring (bicyclic) bond motifs is 1. The second-order valence-corrected chi connectivity index (χ2v) is 6.11. The molecule has 0 N–H and O–H groups in total. The van der Waals surface area contributed by atoms with Crippen molar-refractivity contribution in [2.45, 2.75) is 6.92 Å². The molecule has 0 aromatic heterocycles. The van der Waals surface area contributed by atoms with Gasteiger partial charge in [0.25, 0.3) is 5.69 Å². The van der Waals surface area contributed by atoms with Crippen LogP contribution in [0.1, 0.15) is 16.7 Å². The summed E-state index contributed by atoms with van der Waals surface area (Å²) in [5, 5.41) is 13.2. The lowest BCUT2D eigenvalue weighted by molar-refractivity contribution is -0.385. The van der Waals surface area contributed by atoms with Crippen molar-refractivity contribution >= 4 is 34.4 Å². The van der Waals surface area contributed by atoms with Gasteiger partial charge >= 0.3 is 5.97 Å². The molecule has 132 valence electrons. The minimum absolute atomic E-state index is 0.0438. The van der Waals surface area contributed by atoms with Crippen molar-refractivity contribution in [1.29, 1.82) is 0 Å². The van der Waals surface area contributed by atoms with Crippen LogP contribution in [0, 0.1) is 17.0 Å². The van der Waals surface area contributed by atoms with E-state index in [1.807, 2.05) is 42.5 Å². The van der Waals surface area contributed by atoms with Crippen LogP contribution in [0.5, 0.6) is 0 Å². The number of nitro groups is 1. The zero-order valence-corrected chi connectivity index (χ0v) is 14.4. The van der Waals surface area contributed by atoms with Gasteiger partial charge in [0.05, 0.1) is 4.92 Å². The van der Waals surface area contributed by atoms with Crippen LogP contribution in [0.15, 0.2) is 71.4 Å². The van der Waals surface area contributed by atoms with Gasteiger partial charge in [0, 0.05) is 17.2 Å². The van der Waals surface area contributed by atoms with Crippen LogP contribution in [-0.4, -0.2) is 16.8 Å². The predicted molar refractivity (Wildman–Crippen MR) is 102 cm³/mol. The molecule has 1 aliphatic rings. The highest BCUT2D eigenvalue weighted by molar-refractivity contribution is 6.14. The molecule has 27 heavy (non-hydrogen) atoms. The first-order chi connectivity index (χ1) is 13.0. The molecule has 0 atom stereocenters. The molecule has 0 unspecified atom stereocenters. The van der Waals surface area contributed by atoms with Gasteiger partial charge in [-0.2, -0.15) is 0 Å². The molecule has 0 saturated carbocycles. The number of aliphatic imine (C=N–C) groups is 1. The van der Waals surface area contributed by atoms with E-state index in [0.29, 0.717) is 11.1 Å². The van der Waals surface area contributed by atoms with E-state index >= 15 is 0 Å². The minimum Gasteiger partial charge on any atom is -0.402 e. The number of rotatable bonds is 3. The van der Waals surface area contributed by atoms with E-state index in [4.69, 9.17) is 4.74 Å². The molecule has 0 fully saturated rings. The lowest BCUT2D eigenvalue weighted by Gasteiger charge is -2.04. The highest BCUT2D eigenvalue weighted by Crippen LogP contribution is 2.27. The summed E-state index contributed by atoms with van der Waals surface area (Å²) < 4.78 is 5.28. The van der Waals surface area contributed by atoms with Gasteiger partial charge < -0.3 is 4.74 Å². The number of carbonyl (C=O) groups excluding carboxylic acids is 1. The smallest absolute Gasteiger partial charge is 0.363 e. The highest BCUT2D eigenvalue weighted by Gasteiger charge is 2.27. The summed E-state index contributed by atoms with van der Waals surface area (Å²) in [6.07, 6.45) is 1.67. The number of ether oxygens (including phenoxy) is 1. The van der Waals surface area contributed by atoms with Crippen LogP contribution in [-0.2, 0) is 9.53 Å². The van der Waals surface area contributed by atoms with Crippen LogP contribution >= 0.6 is 0 Å². The van der Waals surface area contributed by atoms with Crippen molar-refractivity contribution in [3.8, 4) is 0 Å². The molecule has 3 aromatic rings. The minimum atomic E-state index is -0.580. The Balaban J connectivity index is 1.79. The van der Waals surface area contributed by atoms with Crippen LogP contribution in [0.3, 0.4) is 0 Å². The summed E-state index contributed by atoms with van der Waals surface area (Å²) in [7, 11) is 0. The number of nitro benzene ring substituents is 1. The van der Waals surface area contributed by atoms with Gasteiger partial charge in [-0.25, -0.2) is 9.79 Å². The maximum Gasteiger partial charge on any atom is 0.363 e. The molecule has 4 rings (SSSR count). The molecule has 1 aliphatic heterocycles. The van der Waals surface area contributed by atoms with Crippen LogP contribution in [0.25, 0.3) is 16.8 Å². The summed E-state index contributed by atoms with van der Waals surface area (Å²) in [4.78, 5) is 27.2. The first kappa shape index (κ1) is 16.7. The average molecular weight is 358 g/mol. The summed E-state index contributed by atoms with van der Waals surface area (Å²) in [6.45, 7) is 1.61. The summed E-state index contributed by atoms with van der Waals surface area (Å²) >= 11 is 0. The summed E-state index contributed by atoms with van der Waals surface area (Å²) in [5.74, 6) is -0.503. The van der Waals surface area contributed by atoms with Crippen molar-refractivity contribution in [3.63, 3.8) is 0 Å². The van der Waals surface area contributed by atoms with Gasteiger partial charge in [-0.05, 0) is 35.4 Å². The fourth-order valence-corrected chi connectivity index (χ4v) is 3.10. The Morgan fingerprint density at radius 3 is 2.59 bits per heavy atom. The molecule has 3 aromatic carbocycles. The molecule has 0 spiro atoms. The predicted octanol–water partition coefficient (Wildman–Crippen LogP) is 4.40. The lowest BCUT2D eigenvalue weighted by atomic mass is 10.0. The van der Waals surface area contributed by atoms with Crippen LogP contribution in [0.4, 0.5) is 5.69 Å². The van der Waals surface area contributed by atoms with E-state index in [0.717, 1.165) is 16.3 Å². The molecule has 0 aliphatic carbocycles. The maximum absolute atomic E-state index is 12.3. The Hall–Kier alpha value is -3.80. The first-order valence-electron chi connectivity index (χ1n) is 8.29. The summed E-state index contributed by atoms with van der Waals surface area (Å²) in [6, 6.07) is 18.2. The molecular weight excluding hydrogens is 344 g/mol. The third-order valence-electron chi connectivity index (χ3n) is 4.47. The van der Waals surface area contributed by atoms with Gasteiger partial charge in [-0.1, -0.05) is 48.5 Å². The average Bonchev–Trinajstić information content (AvgIpc) is 3.02. The second-order valence-electron chi connectivity index (χ2n) is 6.11. The van der Waals surface area contributed by atoms with E-state index in [9.17, 15) is 14.9 Å². The van der Waals surface area contributed by atoms with Crippen molar-refractivity contribution in [2.75, 3.05) is 0 Å². The second kappa shape index (κ2) is 6.49. The molecular formula is C21H14N2O4. The van der Waals surface area contributed by atoms with Gasteiger partial charge in [0.15, 0.2) is 5.70 Å². The fourth-order valence-electron chi connectivity index (χ4n) is 3.10. The Kier molecular flexibility index (Phi) is 4.01. The third-order valence-corrected chi connectivity index (χ3v) is 4.47. The molecule has 0 bridgehead atoms. The topological polar surface area (TPSA) is 81.8 Å². The number of carbonyl (C=O) groups is 1. The Labute approximate surface area is 154 Å². The molecule has 0 saturated heterocycles. The number of esters is 1. The number of cyclic esters (lactones) is 1. The molecule has 1 heterocycles. The van der Waals surface area contributed by atoms with Crippen LogP contribution in [0.2, 0.25) is 0 Å². The Bertz CT molecular complexity index is 1160. The number of nitrogens with zero attached hydrogens (tertiary/aromatic N) is 2. The Morgan fingerprint density at radius 2 is 1.78 bits per heavy atom. The van der Waals surface area contributed by atoms with Crippen molar-refractivity contribution in [1.82, 2.24) is 0 Å². The van der Waals surface area contributed by atoms with E-state index in [2.05, 4.69) is 4.99 Å². The van der Waals surface area contributed by atoms with Gasteiger partial charge in [0.2, 0.25) is 5.90 Å². The van der Waals surface area contributed by atoms with Gasteiger partial charge in [-0.3, -0.25) is 10.1 Å². The standard InChI is InChI=1S/C21H14N2O4/c1-13-16(10-5-11-19(13)23(25)26)20-22-18(21(24)27-20)12-15-8-4-7-14-6-2-3-9-17(14)15/h2-12H,1H3/b18-12-. The molecule has 0 amide bonds. The number of hydrogen-bond donors (Lipinski definition) is 0. The number of benzene rings is 3. The van der Waals surface area contributed by atoms with E-state index in [1.54, 1.807) is 25.1 Å². The highest BCUT2D eigenvalue weighted by atomic mass is 16.6. The van der Waals surface area contributed by atoms with E-state index in [1.165, 1.54) is 6.07 Å². The molecule has 6 heteroatoms. The third kappa shape index (κ3) is 2.97. The normalized spacial score (nSPS) is 15.1. The SMILES string of the molecule is Cc1c(C2=N/C(=C\c3cccc4ccccc34)C(=O)O2)cccc1[N+](=O)[O-]. The zero-order valence-electron chi connectivity index (χ0n) is 14.4. The van der Waals surface area contributed by atoms with Crippen molar-refractivity contribution in [2.24, 2.45) is 4.99 Å². The monoisotopic (exact) mass is 358 g/mol. The molecule has 0 radical (unpaired) electrons. The van der Waals surface area contributed by atoms with Crippen molar-refractivity contribution < 1.29 is 14.5 Å². The lowest BCUT2D eigenvalue weighted by Crippen LogP contribution is -2.08. The van der Waals surface area contributed by atoms with Gasteiger partial charge in [0.1, 0.15) is 0 Å². The van der Waals surface area contributed by atoms with E-state index < -0.39 is 10.9 Å². The Morgan fingerprint density at radius 1 is 1.04 bits per heavy atom.